The Morgan fingerprint density at radius 1 is 1.06 bits per heavy atom. The van der Waals surface area contributed by atoms with Gasteiger partial charge in [0.05, 0.1) is 24.3 Å². The first-order valence-electron chi connectivity index (χ1n) is 9.88. The molecule has 0 saturated heterocycles. The third kappa shape index (κ3) is 6.61. The molecule has 0 aliphatic heterocycles. The first kappa shape index (κ1) is 22.4. The van der Waals surface area contributed by atoms with Crippen molar-refractivity contribution < 1.29 is 14.3 Å². The zero-order chi connectivity index (χ0) is 23.0. The first-order chi connectivity index (χ1) is 16.0. The number of nitrogens with one attached hydrogen (secondary N) is 2. The first-order valence-corrected chi connectivity index (χ1v) is 11.1. The number of halogens is 1. The number of carbonyl (C=O) groups is 2. The van der Waals surface area contributed by atoms with Crippen molar-refractivity contribution in [3.8, 4) is 11.4 Å². The summed E-state index contributed by atoms with van der Waals surface area (Å²) in [5.41, 5.74) is 2.05. The number of hydrogen-bond acceptors (Lipinski definition) is 7. The molecule has 0 saturated carbocycles. The second-order valence-corrected chi connectivity index (χ2v) is 8.24. The lowest BCUT2D eigenvalue weighted by Gasteiger charge is -2.07. The quantitative estimate of drug-likeness (QED) is 0.379. The minimum Gasteiger partial charge on any atom is -0.486 e. The Bertz CT molecular complexity index is 1210. The van der Waals surface area contributed by atoms with E-state index >= 15 is 0 Å². The highest BCUT2D eigenvalue weighted by Gasteiger charge is 2.10. The van der Waals surface area contributed by atoms with Gasteiger partial charge in [0.25, 0.3) is 0 Å². The van der Waals surface area contributed by atoms with Crippen molar-refractivity contribution in [2.75, 3.05) is 11.9 Å². The smallest absolute Gasteiger partial charge is 0.243 e. The summed E-state index contributed by atoms with van der Waals surface area (Å²) in [5.74, 6) is 0.0716. The van der Waals surface area contributed by atoms with Crippen LogP contribution in [0.15, 0.2) is 66.6 Å². The molecule has 0 atom stereocenters. The molecule has 0 bridgehead atoms. The normalized spacial score (nSPS) is 10.6. The molecule has 11 heteroatoms. The maximum Gasteiger partial charge on any atom is 0.243 e. The van der Waals surface area contributed by atoms with Crippen LogP contribution in [0, 0.1) is 0 Å². The van der Waals surface area contributed by atoms with Gasteiger partial charge in [0.1, 0.15) is 30.0 Å². The van der Waals surface area contributed by atoms with Crippen LogP contribution in [0.25, 0.3) is 5.69 Å². The van der Waals surface area contributed by atoms with E-state index in [0.717, 1.165) is 10.7 Å². The van der Waals surface area contributed by atoms with Crippen LogP contribution in [0.2, 0.25) is 5.02 Å². The number of hydrogen-bond donors (Lipinski definition) is 2. The summed E-state index contributed by atoms with van der Waals surface area (Å²) in [7, 11) is 0. The molecule has 4 aromatic rings. The number of anilines is 1. The van der Waals surface area contributed by atoms with Gasteiger partial charge < -0.3 is 15.4 Å². The second-order valence-electron chi connectivity index (χ2n) is 6.86. The summed E-state index contributed by atoms with van der Waals surface area (Å²) in [6, 6.07) is 14.2. The fourth-order valence-corrected chi connectivity index (χ4v) is 3.65. The molecule has 2 N–H and O–H groups in total. The predicted molar refractivity (Wildman–Crippen MR) is 125 cm³/mol. The largest absolute Gasteiger partial charge is 0.486 e. The molecule has 168 valence electrons. The molecule has 9 nitrogen and oxygen atoms in total. The van der Waals surface area contributed by atoms with Crippen LogP contribution >= 0.6 is 22.9 Å². The topological polar surface area (TPSA) is 111 Å². The number of thiazole rings is 1. The Balaban J connectivity index is 1.19. The van der Waals surface area contributed by atoms with Gasteiger partial charge in [0, 0.05) is 16.1 Å². The molecule has 0 radical (unpaired) electrons. The number of amides is 2. The summed E-state index contributed by atoms with van der Waals surface area (Å²) >= 11 is 7.26. The monoisotopic (exact) mass is 482 g/mol. The maximum absolute atomic E-state index is 12.2. The number of aromatic nitrogens is 4. The van der Waals surface area contributed by atoms with Crippen LogP contribution in [0.3, 0.4) is 0 Å². The predicted octanol–water partition coefficient (Wildman–Crippen LogP) is 3.25. The lowest BCUT2D eigenvalue weighted by Crippen LogP contribution is -2.33. The molecule has 0 aliphatic carbocycles. The van der Waals surface area contributed by atoms with E-state index in [2.05, 4.69) is 25.7 Å². The molecule has 2 heterocycles. The highest BCUT2D eigenvalue weighted by molar-refractivity contribution is 7.09. The minimum atomic E-state index is -0.327. The Morgan fingerprint density at radius 2 is 1.85 bits per heavy atom. The number of nitrogens with zero attached hydrogens (tertiary/aromatic N) is 4. The van der Waals surface area contributed by atoms with Gasteiger partial charge in [-0.05, 0) is 48.5 Å². The highest BCUT2D eigenvalue weighted by atomic mass is 35.5. The third-order valence-electron chi connectivity index (χ3n) is 4.40. The Hall–Kier alpha value is -3.76. The highest BCUT2D eigenvalue weighted by Crippen LogP contribution is 2.18. The fraction of sp³-hybridized carbons (Fsp3) is 0.136. The summed E-state index contributed by atoms with van der Waals surface area (Å²) in [6.07, 6.45) is 3.11. The van der Waals surface area contributed by atoms with Crippen LogP contribution in [-0.4, -0.2) is 38.1 Å². The number of carbonyl (C=O) groups excluding carboxylic acids is 2. The van der Waals surface area contributed by atoms with Gasteiger partial charge in [0.2, 0.25) is 11.8 Å². The van der Waals surface area contributed by atoms with E-state index in [0.29, 0.717) is 28.8 Å². The van der Waals surface area contributed by atoms with Crippen molar-refractivity contribution in [1.82, 2.24) is 25.1 Å². The van der Waals surface area contributed by atoms with Crippen LogP contribution in [-0.2, 0) is 22.6 Å². The lowest BCUT2D eigenvalue weighted by atomic mass is 10.3. The van der Waals surface area contributed by atoms with Crippen molar-refractivity contribution in [1.29, 1.82) is 0 Å². The van der Waals surface area contributed by atoms with Crippen LogP contribution in [0.5, 0.6) is 5.75 Å². The maximum atomic E-state index is 12.2. The van der Waals surface area contributed by atoms with Gasteiger partial charge in [-0.25, -0.2) is 14.6 Å². The van der Waals surface area contributed by atoms with E-state index < -0.39 is 0 Å². The van der Waals surface area contributed by atoms with Crippen molar-refractivity contribution in [3.63, 3.8) is 0 Å². The van der Waals surface area contributed by atoms with Gasteiger partial charge in [-0.2, -0.15) is 5.10 Å². The third-order valence-corrected chi connectivity index (χ3v) is 5.52. The van der Waals surface area contributed by atoms with E-state index in [9.17, 15) is 9.59 Å². The molecule has 4 rings (SSSR count). The van der Waals surface area contributed by atoms with Gasteiger partial charge in [-0.1, -0.05) is 11.6 Å². The second kappa shape index (κ2) is 10.7. The van der Waals surface area contributed by atoms with Crippen molar-refractivity contribution >= 4 is 40.4 Å². The lowest BCUT2D eigenvalue weighted by molar-refractivity contribution is -0.123. The summed E-state index contributed by atoms with van der Waals surface area (Å²) in [4.78, 5) is 32.6. The molecular formula is C22H19ClN6O3S. The average molecular weight is 483 g/mol. The van der Waals surface area contributed by atoms with Crippen molar-refractivity contribution in [3.05, 3.63) is 82.3 Å². The molecule has 2 aromatic carbocycles. The van der Waals surface area contributed by atoms with Gasteiger partial charge in [0.15, 0.2) is 0 Å². The van der Waals surface area contributed by atoms with Crippen molar-refractivity contribution in [2.24, 2.45) is 0 Å². The Labute approximate surface area is 198 Å². The fourth-order valence-electron chi connectivity index (χ4n) is 2.82. The zero-order valence-electron chi connectivity index (χ0n) is 17.3. The number of ether oxygens (including phenoxy) is 1. The molecular weight excluding hydrogens is 464 g/mol. The molecule has 0 aliphatic rings. The van der Waals surface area contributed by atoms with Crippen LogP contribution < -0.4 is 15.4 Å². The Morgan fingerprint density at radius 3 is 2.58 bits per heavy atom. The number of benzene rings is 2. The molecule has 0 unspecified atom stereocenters. The van der Waals surface area contributed by atoms with Gasteiger partial charge >= 0.3 is 0 Å². The van der Waals surface area contributed by atoms with Gasteiger partial charge in [-0.3, -0.25) is 9.59 Å². The summed E-state index contributed by atoms with van der Waals surface area (Å²) in [5, 5.41) is 12.6. The van der Waals surface area contributed by atoms with E-state index in [1.165, 1.54) is 17.7 Å². The minimum absolute atomic E-state index is 0.0807. The Kier molecular flexibility index (Phi) is 7.28. The molecule has 0 spiro atoms. The molecule has 33 heavy (non-hydrogen) atoms. The van der Waals surface area contributed by atoms with E-state index in [-0.39, 0.29) is 24.8 Å². The molecule has 2 amide bonds. The van der Waals surface area contributed by atoms with Crippen LogP contribution in [0.1, 0.15) is 10.7 Å². The summed E-state index contributed by atoms with van der Waals surface area (Å²) in [6.45, 7) is 0.159. The average Bonchev–Trinajstić information content (AvgIpc) is 3.50. The SMILES string of the molecule is O=C(Cc1csc(COc2ccc(Cl)cc2)n1)NCC(=O)Nc1ccc(-n2cncn2)cc1. The van der Waals surface area contributed by atoms with E-state index in [4.69, 9.17) is 16.3 Å². The van der Waals surface area contributed by atoms with E-state index in [1.54, 1.807) is 64.9 Å². The molecule has 0 fully saturated rings. The zero-order valence-corrected chi connectivity index (χ0v) is 18.8. The van der Waals surface area contributed by atoms with Crippen LogP contribution in [0.4, 0.5) is 5.69 Å². The standard InChI is InChI=1S/C22H19ClN6O3S/c23-15-1-7-19(8-2-15)32-11-22-28-17(12-33-22)9-20(30)25-10-21(31)27-16-3-5-18(6-4-16)29-14-24-13-26-29/h1-8,12-14H,9-11H2,(H,25,30)(H,27,31). The van der Waals surface area contributed by atoms with E-state index in [1.807, 2.05) is 0 Å². The molecule has 2 aromatic heterocycles. The van der Waals surface area contributed by atoms with Crippen molar-refractivity contribution in [2.45, 2.75) is 13.0 Å². The van der Waals surface area contributed by atoms with Gasteiger partial charge in [-0.15, -0.1) is 11.3 Å². The summed E-state index contributed by atoms with van der Waals surface area (Å²) < 4.78 is 7.27. The number of rotatable bonds is 9.